The Morgan fingerprint density at radius 1 is 1.15 bits per heavy atom. The topological polar surface area (TPSA) is 26.0 Å². The first-order valence-electron chi connectivity index (χ1n) is 3.88. The Labute approximate surface area is 103 Å². The lowest BCUT2D eigenvalue weighted by Crippen LogP contribution is -1.97. The van der Waals surface area contributed by atoms with E-state index in [-0.39, 0.29) is 0 Å². The normalized spacial score (nSPS) is 10.9. The summed E-state index contributed by atoms with van der Waals surface area (Å²) >= 11 is 10.4. The molecule has 0 saturated heterocycles. The van der Waals surface area contributed by atoms with Gasteiger partial charge in [-0.2, -0.15) is 0 Å². The number of nitrogen functional groups attached to an aromatic ring is 1. The fourth-order valence-electron chi connectivity index (χ4n) is 1.15. The quantitative estimate of drug-likeness (QED) is 0.713. The molecule has 1 rings (SSSR count). The van der Waals surface area contributed by atoms with Gasteiger partial charge in [-0.05, 0) is 49.4 Å². The van der Waals surface area contributed by atoms with Crippen molar-refractivity contribution >= 4 is 53.5 Å². The maximum atomic E-state index is 5.87. The van der Waals surface area contributed by atoms with Crippen LogP contribution in [0.5, 0.6) is 0 Å². The zero-order valence-corrected chi connectivity index (χ0v) is 12.1. The zero-order chi connectivity index (χ0) is 10.2. The van der Waals surface area contributed by atoms with Crippen LogP contribution in [0.1, 0.15) is 25.3 Å². The van der Waals surface area contributed by atoms with Gasteiger partial charge < -0.3 is 5.73 Å². The van der Waals surface area contributed by atoms with Crippen molar-refractivity contribution in [3.05, 3.63) is 25.0 Å². The van der Waals surface area contributed by atoms with E-state index in [2.05, 4.69) is 61.6 Å². The summed E-state index contributed by atoms with van der Waals surface area (Å²) < 4.78 is 2.97. The average Bonchev–Trinajstić information content (AvgIpc) is 1.99. The second kappa shape index (κ2) is 4.32. The molecule has 4 heteroatoms. The van der Waals surface area contributed by atoms with E-state index in [1.807, 2.05) is 6.07 Å². The number of hydrogen-bond donors (Lipinski definition) is 1. The molecule has 0 fully saturated rings. The molecule has 0 aromatic heterocycles. The maximum Gasteiger partial charge on any atom is 0.0606 e. The lowest BCUT2D eigenvalue weighted by molar-refractivity contribution is 0.855. The second-order valence-electron chi connectivity index (χ2n) is 3.14. The van der Waals surface area contributed by atoms with E-state index in [9.17, 15) is 0 Å². The highest BCUT2D eigenvalue weighted by atomic mass is 79.9. The molecule has 1 aromatic rings. The molecule has 0 saturated carbocycles. The van der Waals surface area contributed by atoms with Crippen LogP contribution in [0.15, 0.2) is 19.5 Å². The number of anilines is 1. The molecule has 72 valence electrons. The monoisotopic (exact) mass is 369 g/mol. The van der Waals surface area contributed by atoms with Gasteiger partial charge >= 0.3 is 0 Å². The van der Waals surface area contributed by atoms with Gasteiger partial charge in [0.25, 0.3) is 0 Å². The minimum Gasteiger partial charge on any atom is -0.397 e. The van der Waals surface area contributed by atoms with Crippen LogP contribution < -0.4 is 5.73 Å². The van der Waals surface area contributed by atoms with E-state index in [1.54, 1.807) is 0 Å². The van der Waals surface area contributed by atoms with Gasteiger partial charge in [-0.3, -0.25) is 0 Å². The number of rotatable bonds is 1. The minimum absolute atomic E-state index is 0.444. The van der Waals surface area contributed by atoms with Crippen molar-refractivity contribution in [3.63, 3.8) is 0 Å². The van der Waals surface area contributed by atoms with Crippen molar-refractivity contribution in [1.29, 1.82) is 0 Å². The SMILES string of the molecule is CC(C)c1c(Br)cc(Br)c(N)c1Br. The Hall–Kier alpha value is 0.460. The summed E-state index contributed by atoms with van der Waals surface area (Å²) in [4.78, 5) is 0. The summed E-state index contributed by atoms with van der Waals surface area (Å²) in [5, 5.41) is 0. The Kier molecular flexibility index (Phi) is 3.83. The number of nitrogens with two attached hydrogens (primary N) is 1. The van der Waals surface area contributed by atoms with E-state index in [0.29, 0.717) is 5.92 Å². The van der Waals surface area contributed by atoms with Crippen LogP contribution in [0.3, 0.4) is 0 Å². The molecule has 1 nitrogen and oxygen atoms in total. The molecule has 0 amide bonds. The summed E-state index contributed by atoms with van der Waals surface area (Å²) in [5.74, 6) is 0.444. The molecule has 0 atom stereocenters. The predicted octanol–water partition coefficient (Wildman–Crippen LogP) is 4.68. The fraction of sp³-hybridized carbons (Fsp3) is 0.333. The number of halogens is 3. The van der Waals surface area contributed by atoms with Crippen molar-refractivity contribution in [2.75, 3.05) is 5.73 Å². The van der Waals surface area contributed by atoms with Gasteiger partial charge in [0.2, 0.25) is 0 Å². The molecule has 0 aliphatic heterocycles. The van der Waals surface area contributed by atoms with Crippen LogP contribution >= 0.6 is 47.8 Å². The van der Waals surface area contributed by atoms with E-state index < -0.39 is 0 Å². The molecular formula is C9H10Br3N. The summed E-state index contributed by atoms with van der Waals surface area (Å²) in [7, 11) is 0. The van der Waals surface area contributed by atoms with E-state index >= 15 is 0 Å². The highest BCUT2D eigenvalue weighted by molar-refractivity contribution is 9.11. The molecular weight excluding hydrogens is 362 g/mol. The van der Waals surface area contributed by atoms with Crippen LogP contribution in [0.2, 0.25) is 0 Å². The molecule has 13 heavy (non-hydrogen) atoms. The highest BCUT2D eigenvalue weighted by Crippen LogP contribution is 2.39. The first-order valence-corrected chi connectivity index (χ1v) is 6.26. The van der Waals surface area contributed by atoms with Crippen LogP contribution in [-0.2, 0) is 0 Å². The summed E-state index contributed by atoms with van der Waals surface area (Å²) in [6.07, 6.45) is 0. The van der Waals surface area contributed by atoms with Crippen LogP contribution in [-0.4, -0.2) is 0 Å². The third-order valence-corrected chi connectivity index (χ3v) is 3.98. The van der Waals surface area contributed by atoms with E-state index in [4.69, 9.17) is 5.73 Å². The van der Waals surface area contributed by atoms with Gasteiger partial charge in [-0.15, -0.1) is 0 Å². The van der Waals surface area contributed by atoms with Crippen molar-refractivity contribution in [2.24, 2.45) is 0 Å². The third kappa shape index (κ3) is 2.28. The maximum absolute atomic E-state index is 5.87. The fourth-order valence-corrected chi connectivity index (χ4v) is 4.19. The summed E-state index contributed by atoms with van der Waals surface area (Å²) in [6, 6.07) is 1.98. The van der Waals surface area contributed by atoms with Crippen molar-refractivity contribution in [3.8, 4) is 0 Å². The molecule has 0 bridgehead atoms. The molecule has 1 aromatic carbocycles. The third-order valence-electron chi connectivity index (χ3n) is 1.82. The first kappa shape index (κ1) is 11.5. The molecule has 0 unspecified atom stereocenters. The van der Waals surface area contributed by atoms with Crippen molar-refractivity contribution in [1.82, 2.24) is 0 Å². The van der Waals surface area contributed by atoms with Gasteiger partial charge in [0, 0.05) is 13.4 Å². The lowest BCUT2D eigenvalue weighted by Gasteiger charge is -2.14. The second-order valence-corrected chi connectivity index (χ2v) is 5.64. The smallest absolute Gasteiger partial charge is 0.0606 e. The Morgan fingerprint density at radius 2 is 1.69 bits per heavy atom. The van der Waals surface area contributed by atoms with Crippen molar-refractivity contribution in [2.45, 2.75) is 19.8 Å². The Balaban J connectivity index is 3.44. The zero-order valence-electron chi connectivity index (χ0n) is 7.37. The van der Waals surface area contributed by atoms with Gasteiger partial charge in [-0.1, -0.05) is 29.8 Å². The van der Waals surface area contributed by atoms with Gasteiger partial charge in [0.1, 0.15) is 0 Å². The van der Waals surface area contributed by atoms with Crippen LogP contribution in [0.25, 0.3) is 0 Å². The first-order chi connectivity index (χ1) is 5.95. The molecule has 0 aliphatic carbocycles. The molecule has 0 heterocycles. The molecule has 0 aliphatic rings. The van der Waals surface area contributed by atoms with E-state index in [0.717, 1.165) is 19.1 Å². The van der Waals surface area contributed by atoms with E-state index in [1.165, 1.54) is 5.56 Å². The number of benzene rings is 1. The molecule has 0 radical (unpaired) electrons. The Morgan fingerprint density at radius 3 is 2.15 bits per heavy atom. The highest BCUT2D eigenvalue weighted by Gasteiger charge is 2.14. The summed E-state index contributed by atoms with van der Waals surface area (Å²) in [5.41, 5.74) is 7.84. The van der Waals surface area contributed by atoms with Gasteiger partial charge in [0.15, 0.2) is 0 Å². The van der Waals surface area contributed by atoms with Crippen LogP contribution in [0, 0.1) is 0 Å². The number of hydrogen-bond acceptors (Lipinski definition) is 1. The standard InChI is InChI=1S/C9H10Br3N/c1-4(2)7-5(10)3-6(11)9(13)8(7)12/h3-4H,13H2,1-2H3. The molecule has 0 spiro atoms. The molecule has 2 N–H and O–H groups in total. The average molecular weight is 372 g/mol. The van der Waals surface area contributed by atoms with Gasteiger partial charge in [-0.25, -0.2) is 0 Å². The summed E-state index contributed by atoms with van der Waals surface area (Å²) in [6.45, 7) is 4.27. The lowest BCUT2D eigenvalue weighted by atomic mass is 10.0. The van der Waals surface area contributed by atoms with Crippen molar-refractivity contribution < 1.29 is 0 Å². The van der Waals surface area contributed by atoms with Crippen LogP contribution in [0.4, 0.5) is 5.69 Å². The van der Waals surface area contributed by atoms with Gasteiger partial charge in [0.05, 0.1) is 5.69 Å². The Bertz CT molecular complexity index is 334. The largest absolute Gasteiger partial charge is 0.397 e. The minimum atomic E-state index is 0.444. The predicted molar refractivity (Wildman–Crippen MR) is 68.0 cm³/mol.